The molecule has 1 aliphatic heterocycles. The van der Waals surface area contributed by atoms with E-state index in [-0.39, 0.29) is 23.0 Å². The summed E-state index contributed by atoms with van der Waals surface area (Å²) in [5.74, 6) is 0.0608. The van der Waals surface area contributed by atoms with E-state index >= 15 is 0 Å². The predicted octanol–water partition coefficient (Wildman–Crippen LogP) is 5.61. The molecule has 4 heteroatoms. The van der Waals surface area contributed by atoms with Gasteiger partial charge >= 0.3 is 0 Å². The third kappa shape index (κ3) is 8.39. The van der Waals surface area contributed by atoms with Gasteiger partial charge in [-0.1, -0.05) is 58.3 Å². The van der Waals surface area contributed by atoms with E-state index in [1.54, 1.807) is 6.92 Å². The third-order valence-corrected chi connectivity index (χ3v) is 5.47. The molecule has 1 heterocycles. The van der Waals surface area contributed by atoms with Gasteiger partial charge in [-0.3, -0.25) is 9.63 Å². The smallest absolute Gasteiger partial charge is 0.217 e. The van der Waals surface area contributed by atoms with E-state index in [9.17, 15) is 4.79 Å². The summed E-state index contributed by atoms with van der Waals surface area (Å²) in [6, 6.07) is 0.227. The van der Waals surface area contributed by atoms with Crippen LogP contribution in [-0.2, 0) is 9.63 Å². The summed E-state index contributed by atoms with van der Waals surface area (Å²) in [7, 11) is 0. The molecule has 0 aliphatic carbocycles. The van der Waals surface area contributed by atoms with Crippen LogP contribution in [0, 0.1) is 0 Å². The Morgan fingerprint density at radius 2 is 1.38 bits per heavy atom. The second kappa shape index (κ2) is 11.3. The molecule has 4 nitrogen and oxygen atoms in total. The molecule has 0 bridgehead atoms. The van der Waals surface area contributed by atoms with Crippen molar-refractivity contribution < 1.29 is 9.63 Å². The van der Waals surface area contributed by atoms with E-state index in [4.69, 9.17) is 4.84 Å². The molecule has 0 atom stereocenters. The number of carbonyl (C=O) groups excluding carboxylic acids is 1. The van der Waals surface area contributed by atoms with Crippen molar-refractivity contribution in [2.75, 3.05) is 6.61 Å². The summed E-state index contributed by atoms with van der Waals surface area (Å²) in [6.45, 7) is 13.6. The van der Waals surface area contributed by atoms with E-state index in [2.05, 4.69) is 45.0 Å². The Morgan fingerprint density at radius 1 is 0.923 bits per heavy atom. The highest BCUT2D eigenvalue weighted by Crippen LogP contribution is 2.38. The first-order valence-corrected chi connectivity index (χ1v) is 10.9. The second-order valence-corrected chi connectivity index (χ2v) is 9.39. The van der Waals surface area contributed by atoms with Gasteiger partial charge in [-0.15, -0.1) is 0 Å². The van der Waals surface area contributed by atoms with Gasteiger partial charge in [-0.25, -0.2) is 0 Å². The Labute approximate surface area is 162 Å². The number of unbranched alkanes of at least 4 members (excludes halogenated alkanes) is 8. The molecule has 0 aromatic heterocycles. The average Bonchev–Trinajstić information content (AvgIpc) is 2.49. The molecule has 0 saturated carbocycles. The number of rotatable bonds is 12. The molecule has 0 spiro atoms. The number of nitrogens with zero attached hydrogens (tertiary/aromatic N) is 1. The minimum Gasteiger partial charge on any atom is -0.353 e. The minimum absolute atomic E-state index is 0.0608. The van der Waals surface area contributed by atoms with E-state index < -0.39 is 0 Å². The van der Waals surface area contributed by atoms with Crippen LogP contribution in [-0.4, -0.2) is 34.7 Å². The van der Waals surface area contributed by atoms with Crippen molar-refractivity contribution in [1.82, 2.24) is 10.4 Å². The Morgan fingerprint density at radius 3 is 1.85 bits per heavy atom. The van der Waals surface area contributed by atoms with Crippen LogP contribution >= 0.6 is 0 Å². The maximum Gasteiger partial charge on any atom is 0.217 e. The molecule has 1 aliphatic rings. The van der Waals surface area contributed by atoms with Crippen molar-refractivity contribution in [2.45, 2.75) is 129 Å². The van der Waals surface area contributed by atoms with Crippen molar-refractivity contribution in [3.05, 3.63) is 0 Å². The SMILES string of the molecule is CCCCCCCCCCCON1C(C)(C)CC(NC(C)=O)CC1(C)C. The Balaban J connectivity index is 2.27. The summed E-state index contributed by atoms with van der Waals surface area (Å²) in [5.41, 5.74) is -0.151. The van der Waals surface area contributed by atoms with Crippen LogP contribution in [0.1, 0.15) is 112 Å². The standard InChI is InChI=1S/C22H44N2O2/c1-7-8-9-10-11-12-13-14-15-16-26-24-21(3,4)17-20(23-19(2)25)18-22(24,5)6/h20H,7-18H2,1-6H3,(H,23,25). The highest BCUT2D eigenvalue weighted by atomic mass is 16.7. The van der Waals surface area contributed by atoms with Gasteiger partial charge in [0.05, 0.1) is 6.61 Å². The second-order valence-electron chi connectivity index (χ2n) is 9.39. The molecule has 0 radical (unpaired) electrons. The Bertz CT molecular complexity index is 389. The van der Waals surface area contributed by atoms with Crippen LogP contribution in [0.2, 0.25) is 0 Å². The van der Waals surface area contributed by atoms with Gasteiger partial charge in [-0.2, -0.15) is 5.06 Å². The first-order valence-electron chi connectivity index (χ1n) is 10.9. The number of amides is 1. The summed E-state index contributed by atoms with van der Waals surface area (Å²) in [6.07, 6.45) is 13.8. The minimum atomic E-state index is -0.0753. The predicted molar refractivity (Wildman–Crippen MR) is 110 cm³/mol. The molecule has 0 unspecified atom stereocenters. The fourth-order valence-electron chi connectivity index (χ4n) is 4.57. The number of hydrogen-bond donors (Lipinski definition) is 1. The quantitative estimate of drug-likeness (QED) is 0.455. The fourth-order valence-corrected chi connectivity index (χ4v) is 4.57. The van der Waals surface area contributed by atoms with Gasteiger partial charge in [0.1, 0.15) is 0 Å². The molecule has 1 N–H and O–H groups in total. The molecule has 1 fully saturated rings. The molecule has 26 heavy (non-hydrogen) atoms. The van der Waals surface area contributed by atoms with E-state index in [0.29, 0.717) is 0 Å². The van der Waals surface area contributed by atoms with Crippen LogP contribution in [0.4, 0.5) is 0 Å². The van der Waals surface area contributed by atoms with Crippen molar-refractivity contribution in [3.8, 4) is 0 Å². The van der Waals surface area contributed by atoms with Gasteiger partial charge in [-0.05, 0) is 47.0 Å². The topological polar surface area (TPSA) is 41.6 Å². The molecule has 0 aromatic rings. The number of nitrogens with one attached hydrogen (secondary N) is 1. The van der Waals surface area contributed by atoms with Crippen LogP contribution in [0.5, 0.6) is 0 Å². The van der Waals surface area contributed by atoms with E-state index in [0.717, 1.165) is 25.9 Å². The van der Waals surface area contributed by atoms with Gasteiger partial charge in [0.15, 0.2) is 0 Å². The molecule has 1 rings (SSSR count). The van der Waals surface area contributed by atoms with Crippen LogP contribution in [0.3, 0.4) is 0 Å². The van der Waals surface area contributed by atoms with Gasteiger partial charge in [0, 0.05) is 24.0 Å². The van der Waals surface area contributed by atoms with Crippen molar-refractivity contribution >= 4 is 5.91 Å². The summed E-state index contributed by atoms with van der Waals surface area (Å²) in [4.78, 5) is 17.7. The summed E-state index contributed by atoms with van der Waals surface area (Å²) < 4.78 is 0. The fraction of sp³-hybridized carbons (Fsp3) is 0.955. The van der Waals surface area contributed by atoms with Gasteiger partial charge < -0.3 is 5.32 Å². The zero-order valence-electron chi connectivity index (χ0n) is 18.3. The van der Waals surface area contributed by atoms with Crippen LogP contribution < -0.4 is 5.32 Å². The zero-order chi connectivity index (χ0) is 19.6. The first-order chi connectivity index (χ1) is 12.2. The lowest BCUT2D eigenvalue weighted by atomic mass is 9.79. The van der Waals surface area contributed by atoms with Crippen LogP contribution in [0.25, 0.3) is 0 Å². The van der Waals surface area contributed by atoms with Crippen molar-refractivity contribution in [3.63, 3.8) is 0 Å². The lowest BCUT2D eigenvalue weighted by Crippen LogP contribution is -2.64. The van der Waals surface area contributed by atoms with E-state index in [1.165, 1.54) is 51.4 Å². The normalized spacial score (nSPS) is 20.2. The number of carbonyl (C=O) groups is 1. The highest BCUT2D eigenvalue weighted by Gasteiger charge is 2.46. The zero-order valence-corrected chi connectivity index (χ0v) is 18.3. The molecular formula is C22H44N2O2. The Kier molecular flexibility index (Phi) is 10.2. The lowest BCUT2D eigenvalue weighted by Gasteiger charge is -2.53. The molecule has 0 aromatic carbocycles. The van der Waals surface area contributed by atoms with E-state index in [1.807, 2.05) is 0 Å². The summed E-state index contributed by atoms with van der Waals surface area (Å²) >= 11 is 0. The maximum absolute atomic E-state index is 11.4. The third-order valence-electron chi connectivity index (χ3n) is 5.47. The molecule has 1 amide bonds. The number of piperidine rings is 1. The first kappa shape index (κ1) is 23.4. The molecular weight excluding hydrogens is 324 g/mol. The largest absolute Gasteiger partial charge is 0.353 e. The van der Waals surface area contributed by atoms with Crippen LogP contribution in [0.15, 0.2) is 0 Å². The highest BCUT2D eigenvalue weighted by molar-refractivity contribution is 5.73. The summed E-state index contributed by atoms with van der Waals surface area (Å²) in [5, 5.41) is 5.30. The average molecular weight is 369 g/mol. The maximum atomic E-state index is 11.4. The van der Waals surface area contributed by atoms with Gasteiger partial charge in [0.2, 0.25) is 5.91 Å². The monoisotopic (exact) mass is 368 g/mol. The number of hydroxylamine groups is 2. The molecule has 1 saturated heterocycles. The van der Waals surface area contributed by atoms with Crippen molar-refractivity contribution in [1.29, 1.82) is 0 Å². The number of hydrogen-bond acceptors (Lipinski definition) is 3. The molecule has 154 valence electrons. The Hall–Kier alpha value is -0.610. The van der Waals surface area contributed by atoms with Gasteiger partial charge in [0.25, 0.3) is 0 Å². The lowest BCUT2D eigenvalue weighted by molar-refractivity contribution is -0.284. The van der Waals surface area contributed by atoms with Crippen molar-refractivity contribution in [2.24, 2.45) is 0 Å².